The number of nitrogens with zero attached hydrogens (tertiary/aromatic N) is 3. The number of nitrogens with one attached hydrogen (secondary N) is 1. The van der Waals surface area contributed by atoms with E-state index in [1.165, 1.54) is 0 Å². The van der Waals surface area contributed by atoms with Gasteiger partial charge in [0, 0.05) is 6.04 Å². The Morgan fingerprint density at radius 3 is 2.15 bits per heavy atom. The van der Waals surface area contributed by atoms with Gasteiger partial charge in [-0.1, -0.05) is 0 Å². The van der Waals surface area contributed by atoms with Crippen LogP contribution in [0.3, 0.4) is 0 Å². The van der Waals surface area contributed by atoms with E-state index in [1.54, 1.807) is 0 Å². The molecule has 3 saturated carbocycles. The van der Waals surface area contributed by atoms with E-state index in [0.29, 0.717) is 5.92 Å². The van der Waals surface area contributed by atoms with Gasteiger partial charge in [0.25, 0.3) is 0 Å². The van der Waals surface area contributed by atoms with Gasteiger partial charge in [-0.15, -0.1) is 0 Å². The number of carboxylic acids is 1. The van der Waals surface area contributed by atoms with Crippen molar-refractivity contribution in [3.8, 4) is 0 Å². The Kier molecular flexibility index (Phi) is 3.69. The van der Waals surface area contributed by atoms with Crippen molar-refractivity contribution in [3.63, 3.8) is 0 Å². The second kappa shape index (κ2) is 5.33. The summed E-state index contributed by atoms with van der Waals surface area (Å²) in [5, 5.41) is 12.6. The van der Waals surface area contributed by atoms with Crippen molar-refractivity contribution < 1.29 is 9.90 Å². The molecule has 2 atom stereocenters. The van der Waals surface area contributed by atoms with Gasteiger partial charge in [-0.25, -0.2) is 0 Å². The summed E-state index contributed by atoms with van der Waals surface area (Å²) in [6.07, 6.45) is 4.05. The van der Waals surface area contributed by atoms with Gasteiger partial charge in [0.1, 0.15) is 0 Å². The van der Waals surface area contributed by atoms with Gasteiger partial charge in [0.05, 0.1) is 5.92 Å². The molecular weight excluding hydrogens is 303 g/mol. The lowest BCUT2D eigenvalue weighted by atomic mass is 9.61. The lowest BCUT2D eigenvalue weighted by Crippen LogP contribution is -2.51. The molecule has 1 aromatic heterocycles. The molecule has 2 bridgehead atoms. The third kappa shape index (κ3) is 2.54. The Morgan fingerprint density at radius 2 is 1.60 bits per heavy atom. The molecule has 20 heavy (non-hydrogen) atoms. The highest BCUT2D eigenvalue weighted by Gasteiger charge is 2.47. The van der Waals surface area contributed by atoms with Crippen molar-refractivity contribution >= 4 is 35.1 Å². The van der Waals surface area contributed by atoms with Gasteiger partial charge in [-0.05, 0) is 60.7 Å². The minimum atomic E-state index is -0.761. The number of carbonyl (C=O) groups is 1. The average molecular weight is 317 g/mol. The Bertz CT molecular complexity index is 514. The predicted octanol–water partition coefficient (Wildman–Crippen LogP) is 2.48. The van der Waals surface area contributed by atoms with E-state index in [1.807, 2.05) is 0 Å². The van der Waals surface area contributed by atoms with Crippen LogP contribution in [-0.4, -0.2) is 32.1 Å². The molecule has 0 spiro atoms. The molecule has 1 heterocycles. The summed E-state index contributed by atoms with van der Waals surface area (Å²) in [7, 11) is 0. The number of anilines is 1. The van der Waals surface area contributed by atoms with Gasteiger partial charge >= 0.3 is 5.97 Å². The fourth-order valence-corrected chi connectivity index (χ4v) is 3.92. The molecule has 0 radical (unpaired) electrons. The Hall–Kier alpha value is -1.14. The molecule has 0 saturated heterocycles. The van der Waals surface area contributed by atoms with Crippen LogP contribution in [0.5, 0.6) is 0 Å². The molecule has 3 fully saturated rings. The Labute approximate surface area is 125 Å². The quantitative estimate of drug-likeness (QED) is 0.890. The molecule has 6 nitrogen and oxygen atoms in total. The van der Waals surface area contributed by atoms with E-state index in [-0.39, 0.29) is 28.5 Å². The molecule has 0 unspecified atom stereocenters. The summed E-state index contributed by atoms with van der Waals surface area (Å²) in [6.45, 7) is 0. The van der Waals surface area contributed by atoms with Crippen molar-refractivity contribution in [1.82, 2.24) is 15.0 Å². The van der Waals surface area contributed by atoms with Crippen LogP contribution >= 0.6 is 23.2 Å². The number of fused-ring (bicyclic) bond motifs is 3. The molecule has 3 aliphatic rings. The van der Waals surface area contributed by atoms with Crippen molar-refractivity contribution in [1.29, 1.82) is 0 Å². The largest absolute Gasteiger partial charge is 0.481 e. The second-order valence-corrected chi connectivity index (χ2v) is 6.08. The van der Waals surface area contributed by atoms with Crippen molar-refractivity contribution in [2.45, 2.75) is 31.7 Å². The van der Waals surface area contributed by atoms with E-state index in [4.69, 9.17) is 23.2 Å². The maximum Gasteiger partial charge on any atom is 0.308 e. The Balaban J connectivity index is 1.85. The number of aliphatic carboxylic acids is 1. The molecule has 0 amide bonds. The van der Waals surface area contributed by atoms with Crippen molar-refractivity contribution in [2.24, 2.45) is 17.8 Å². The summed E-state index contributed by atoms with van der Waals surface area (Å²) in [5.74, 6) is -0.364. The van der Waals surface area contributed by atoms with E-state index < -0.39 is 11.9 Å². The first-order valence-electron chi connectivity index (χ1n) is 6.61. The summed E-state index contributed by atoms with van der Waals surface area (Å²) >= 11 is 11.5. The standard InChI is InChI=1S/C12H14Cl2N4O2/c13-10-16-11(14)18-12(17-10)15-8-6-3-1-5(2-4-6)7(8)9(19)20/h5-8H,1-4H2,(H,19,20)(H,15,16,17,18)/t5?,6?,7-,8-/m1/s1. The molecule has 0 aliphatic heterocycles. The number of aromatic nitrogens is 3. The fraction of sp³-hybridized carbons (Fsp3) is 0.667. The van der Waals surface area contributed by atoms with Crippen molar-refractivity contribution in [3.05, 3.63) is 10.6 Å². The molecule has 0 aromatic carbocycles. The van der Waals surface area contributed by atoms with Gasteiger partial charge in [-0.2, -0.15) is 15.0 Å². The monoisotopic (exact) mass is 316 g/mol. The van der Waals surface area contributed by atoms with Gasteiger partial charge in [-0.3, -0.25) is 4.79 Å². The summed E-state index contributed by atoms with van der Waals surface area (Å²) < 4.78 is 0. The molecule has 1 aromatic rings. The summed E-state index contributed by atoms with van der Waals surface area (Å²) in [6, 6.07) is -0.172. The number of hydrogen-bond acceptors (Lipinski definition) is 5. The minimum Gasteiger partial charge on any atom is -0.481 e. The van der Waals surface area contributed by atoms with E-state index >= 15 is 0 Å². The maximum absolute atomic E-state index is 11.5. The van der Waals surface area contributed by atoms with Gasteiger partial charge in [0.15, 0.2) is 0 Å². The van der Waals surface area contributed by atoms with Crippen LogP contribution in [-0.2, 0) is 4.79 Å². The first-order valence-corrected chi connectivity index (χ1v) is 7.36. The van der Waals surface area contributed by atoms with Gasteiger partial charge in [0.2, 0.25) is 16.5 Å². The van der Waals surface area contributed by atoms with E-state index in [9.17, 15) is 9.90 Å². The molecule has 4 rings (SSSR count). The average Bonchev–Trinajstić information content (AvgIpc) is 2.38. The highest BCUT2D eigenvalue weighted by atomic mass is 35.5. The number of hydrogen-bond donors (Lipinski definition) is 2. The fourth-order valence-electron chi connectivity index (χ4n) is 3.55. The topological polar surface area (TPSA) is 88.0 Å². The highest BCUT2D eigenvalue weighted by molar-refractivity contribution is 6.31. The zero-order chi connectivity index (χ0) is 14.3. The third-order valence-electron chi connectivity index (χ3n) is 4.38. The first-order chi connectivity index (χ1) is 9.54. The predicted molar refractivity (Wildman–Crippen MR) is 73.8 cm³/mol. The van der Waals surface area contributed by atoms with Crippen LogP contribution in [0.2, 0.25) is 10.6 Å². The second-order valence-electron chi connectivity index (χ2n) is 5.41. The summed E-state index contributed by atoms with van der Waals surface area (Å²) in [4.78, 5) is 23.1. The van der Waals surface area contributed by atoms with Crippen LogP contribution in [0.1, 0.15) is 25.7 Å². The molecular formula is C12H14Cl2N4O2. The normalized spacial score (nSPS) is 32.1. The third-order valence-corrected chi connectivity index (χ3v) is 4.72. The number of carboxylic acid groups (broad SMARTS) is 1. The van der Waals surface area contributed by atoms with Crippen LogP contribution < -0.4 is 5.32 Å². The van der Waals surface area contributed by atoms with E-state index in [0.717, 1.165) is 25.7 Å². The first kappa shape index (κ1) is 13.8. The van der Waals surface area contributed by atoms with Crippen LogP contribution in [0.25, 0.3) is 0 Å². The smallest absolute Gasteiger partial charge is 0.308 e. The minimum absolute atomic E-state index is 0.000318. The van der Waals surface area contributed by atoms with Crippen molar-refractivity contribution in [2.75, 3.05) is 5.32 Å². The van der Waals surface area contributed by atoms with E-state index in [2.05, 4.69) is 20.3 Å². The van der Waals surface area contributed by atoms with Gasteiger partial charge < -0.3 is 10.4 Å². The summed E-state index contributed by atoms with van der Waals surface area (Å²) in [5.41, 5.74) is 0. The lowest BCUT2D eigenvalue weighted by Gasteiger charge is -2.46. The molecule has 108 valence electrons. The lowest BCUT2D eigenvalue weighted by molar-refractivity contribution is -0.148. The van der Waals surface area contributed by atoms with Crippen LogP contribution in [0.15, 0.2) is 0 Å². The molecule has 2 N–H and O–H groups in total. The maximum atomic E-state index is 11.5. The Morgan fingerprint density at radius 1 is 1.05 bits per heavy atom. The SMILES string of the molecule is O=C(O)[C@@H]1C2CCC(CC2)[C@H]1Nc1nc(Cl)nc(Cl)n1. The molecule has 3 aliphatic carbocycles. The highest BCUT2D eigenvalue weighted by Crippen LogP contribution is 2.46. The van der Waals surface area contributed by atoms with Crippen LogP contribution in [0.4, 0.5) is 5.95 Å². The zero-order valence-electron chi connectivity index (χ0n) is 10.6. The number of halogens is 2. The van der Waals surface area contributed by atoms with Crippen LogP contribution in [0, 0.1) is 17.8 Å². The number of rotatable bonds is 3. The molecule has 8 heteroatoms. The zero-order valence-corrected chi connectivity index (χ0v) is 12.1.